The van der Waals surface area contributed by atoms with Gasteiger partial charge in [0.15, 0.2) is 0 Å². The quantitative estimate of drug-likeness (QED) is 0.164. The molecule has 0 saturated heterocycles. The van der Waals surface area contributed by atoms with Crippen LogP contribution < -0.4 is 4.90 Å². The summed E-state index contributed by atoms with van der Waals surface area (Å²) in [6.45, 7) is 0. The van der Waals surface area contributed by atoms with E-state index in [0.29, 0.717) is 0 Å². The topological polar surface area (TPSA) is 29.5 Å². The van der Waals surface area contributed by atoms with Gasteiger partial charge in [-0.2, -0.15) is 0 Å². The Labute approximate surface area is 330 Å². The lowest BCUT2D eigenvalue weighted by molar-refractivity contribution is 0.668. The highest BCUT2D eigenvalue weighted by atomic mass is 16.3. The van der Waals surface area contributed by atoms with Gasteiger partial charge in [0.25, 0.3) is 0 Å². The molecule has 0 unspecified atom stereocenters. The summed E-state index contributed by atoms with van der Waals surface area (Å²) in [7, 11) is 0. The zero-order valence-electron chi connectivity index (χ0n) is 31.0. The summed E-state index contributed by atoms with van der Waals surface area (Å²) in [5, 5.41) is 4.46. The fraction of sp³-hybridized carbons (Fsp3) is 0. The van der Waals surface area contributed by atoms with Crippen LogP contribution in [0.15, 0.2) is 221 Å². The van der Waals surface area contributed by atoms with Crippen LogP contribution in [-0.4, -0.2) is 0 Å². The van der Waals surface area contributed by atoms with Crippen LogP contribution in [-0.2, 0) is 0 Å². The van der Waals surface area contributed by atoms with Gasteiger partial charge in [-0.1, -0.05) is 152 Å². The molecule has 268 valence electrons. The zero-order valence-corrected chi connectivity index (χ0v) is 31.0. The largest absolute Gasteiger partial charge is 0.456 e. The highest BCUT2D eigenvalue weighted by molar-refractivity contribution is 6.16. The van der Waals surface area contributed by atoms with E-state index in [0.717, 1.165) is 83.2 Å². The second kappa shape index (κ2) is 13.6. The van der Waals surface area contributed by atoms with Crippen LogP contribution in [0, 0.1) is 0 Å². The molecule has 11 rings (SSSR count). The lowest BCUT2D eigenvalue weighted by atomic mass is 9.89. The van der Waals surface area contributed by atoms with Crippen molar-refractivity contribution in [1.82, 2.24) is 0 Å². The Morgan fingerprint density at radius 3 is 1.39 bits per heavy atom. The van der Waals surface area contributed by atoms with Crippen LogP contribution in [0.5, 0.6) is 0 Å². The molecule has 0 amide bonds. The van der Waals surface area contributed by atoms with E-state index in [-0.39, 0.29) is 0 Å². The van der Waals surface area contributed by atoms with Gasteiger partial charge in [0.05, 0.1) is 0 Å². The van der Waals surface area contributed by atoms with E-state index in [2.05, 4.69) is 199 Å². The summed E-state index contributed by atoms with van der Waals surface area (Å²) in [5.41, 5.74) is 16.0. The third kappa shape index (κ3) is 5.76. The van der Waals surface area contributed by atoms with Crippen molar-refractivity contribution in [2.75, 3.05) is 4.90 Å². The van der Waals surface area contributed by atoms with Crippen LogP contribution in [0.3, 0.4) is 0 Å². The normalized spacial score (nSPS) is 11.5. The molecule has 3 nitrogen and oxygen atoms in total. The third-order valence-electron chi connectivity index (χ3n) is 11.1. The second-order valence-electron chi connectivity index (χ2n) is 14.5. The van der Waals surface area contributed by atoms with Gasteiger partial charge in [-0.15, -0.1) is 0 Å². The average molecular weight is 730 g/mol. The summed E-state index contributed by atoms with van der Waals surface area (Å²) in [6, 6.07) is 75.1. The Morgan fingerprint density at radius 1 is 0.281 bits per heavy atom. The molecule has 0 atom stereocenters. The number of fused-ring (bicyclic) bond motifs is 6. The third-order valence-corrected chi connectivity index (χ3v) is 11.1. The minimum atomic E-state index is 0.861. The molecule has 0 N–H and O–H groups in total. The molecule has 2 aromatic heterocycles. The highest BCUT2D eigenvalue weighted by Gasteiger charge is 2.20. The van der Waals surface area contributed by atoms with Crippen LogP contribution in [0.2, 0.25) is 0 Å². The number of anilines is 3. The van der Waals surface area contributed by atoms with Gasteiger partial charge >= 0.3 is 0 Å². The van der Waals surface area contributed by atoms with Gasteiger partial charge in [0.1, 0.15) is 22.3 Å². The predicted molar refractivity (Wildman–Crippen MR) is 237 cm³/mol. The lowest BCUT2D eigenvalue weighted by Gasteiger charge is -2.26. The van der Waals surface area contributed by atoms with E-state index >= 15 is 0 Å². The SMILES string of the molecule is c1ccc(-c2ccc(-c3c(-c4ccc(N(c5ccc(-c6ccccc6)cc5)c5ccc6c(c5)oc5ccccc56)cc4)ccc4oc5ccccc5c34)cc2)cc1. The van der Waals surface area contributed by atoms with Crippen molar-refractivity contribution in [3.8, 4) is 44.5 Å². The van der Waals surface area contributed by atoms with E-state index in [1.807, 2.05) is 18.2 Å². The van der Waals surface area contributed by atoms with Crippen LogP contribution in [0.4, 0.5) is 17.1 Å². The summed E-state index contributed by atoms with van der Waals surface area (Å²) < 4.78 is 12.8. The van der Waals surface area contributed by atoms with E-state index < -0.39 is 0 Å². The average Bonchev–Trinajstić information content (AvgIpc) is 3.86. The number of furan rings is 2. The van der Waals surface area contributed by atoms with Gasteiger partial charge in [-0.3, -0.25) is 0 Å². The van der Waals surface area contributed by atoms with Crippen molar-refractivity contribution in [3.63, 3.8) is 0 Å². The summed E-state index contributed by atoms with van der Waals surface area (Å²) in [6.07, 6.45) is 0. The monoisotopic (exact) mass is 729 g/mol. The Hall–Kier alpha value is -7.62. The Morgan fingerprint density at radius 2 is 0.737 bits per heavy atom. The second-order valence-corrected chi connectivity index (χ2v) is 14.5. The maximum absolute atomic E-state index is 6.42. The first kappa shape index (κ1) is 32.8. The molecule has 0 fully saturated rings. The molecule has 57 heavy (non-hydrogen) atoms. The van der Waals surface area contributed by atoms with Gasteiger partial charge in [0.2, 0.25) is 0 Å². The molecule has 3 heteroatoms. The van der Waals surface area contributed by atoms with Crippen LogP contribution >= 0.6 is 0 Å². The minimum Gasteiger partial charge on any atom is -0.456 e. The van der Waals surface area contributed by atoms with E-state index in [9.17, 15) is 0 Å². The first-order chi connectivity index (χ1) is 28.2. The van der Waals surface area contributed by atoms with Crippen molar-refractivity contribution >= 4 is 60.9 Å². The maximum atomic E-state index is 6.42. The van der Waals surface area contributed by atoms with E-state index in [4.69, 9.17) is 8.83 Å². The Kier molecular flexibility index (Phi) is 7.82. The number of benzene rings is 9. The fourth-order valence-corrected chi connectivity index (χ4v) is 8.34. The first-order valence-electron chi connectivity index (χ1n) is 19.3. The molecule has 0 aliphatic heterocycles. The number of hydrogen-bond acceptors (Lipinski definition) is 3. The van der Waals surface area contributed by atoms with Gasteiger partial charge < -0.3 is 13.7 Å². The van der Waals surface area contributed by atoms with Gasteiger partial charge in [-0.25, -0.2) is 0 Å². The minimum absolute atomic E-state index is 0.861. The Balaban J connectivity index is 1.04. The lowest BCUT2D eigenvalue weighted by Crippen LogP contribution is -2.09. The molecule has 0 saturated carbocycles. The smallest absolute Gasteiger partial charge is 0.137 e. The molecule has 0 radical (unpaired) electrons. The molecule has 0 aliphatic rings. The number of hydrogen-bond donors (Lipinski definition) is 0. The molecular formula is C54H35NO2. The van der Waals surface area contributed by atoms with Crippen LogP contribution in [0.1, 0.15) is 0 Å². The molecule has 0 aliphatic carbocycles. The van der Waals surface area contributed by atoms with E-state index in [1.165, 1.54) is 22.3 Å². The molecule has 0 bridgehead atoms. The molecule has 0 spiro atoms. The van der Waals surface area contributed by atoms with Crippen molar-refractivity contribution in [3.05, 3.63) is 212 Å². The van der Waals surface area contributed by atoms with E-state index in [1.54, 1.807) is 0 Å². The fourth-order valence-electron chi connectivity index (χ4n) is 8.34. The first-order valence-corrected chi connectivity index (χ1v) is 19.3. The summed E-state index contributed by atoms with van der Waals surface area (Å²) >= 11 is 0. The van der Waals surface area contributed by atoms with Crippen molar-refractivity contribution in [2.24, 2.45) is 0 Å². The van der Waals surface area contributed by atoms with Crippen LogP contribution in [0.25, 0.3) is 88.4 Å². The number of para-hydroxylation sites is 2. The number of rotatable bonds is 7. The highest BCUT2D eigenvalue weighted by Crippen LogP contribution is 2.45. The summed E-state index contributed by atoms with van der Waals surface area (Å²) in [4.78, 5) is 2.31. The van der Waals surface area contributed by atoms with Crippen molar-refractivity contribution < 1.29 is 8.83 Å². The van der Waals surface area contributed by atoms with Crippen molar-refractivity contribution in [1.29, 1.82) is 0 Å². The Bertz CT molecular complexity index is 3200. The molecule has 9 aromatic carbocycles. The molecular weight excluding hydrogens is 695 g/mol. The predicted octanol–water partition coefficient (Wildman–Crippen LogP) is 15.6. The maximum Gasteiger partial charge on any atom is 0.137 e. The molecule has 2 heterocycles. The summed E-state index contributed by atoms with van der Waals surface area (Å²) in [5.74, 6) is 0. The zero-order chi connectivity index (χ0) is 37.7. The van der Waals surface area contributed by atoms with Gasteiger partial charge in [0, 0.05) is 50.2 Å². The van der Waals surface area contributed by atoms with Gasteiger partial charge in [-0.05, 0) is 93.5 Å². The number of nitrogens with zero attached hydrogens (tertiary/aromatic N) is 1. The van der Waals surface area contributed by atoms with Crippen molar-refractivity contribution in [2.45, 2.75) is 0 Å². The molecule has 11 aromatic rings. The standard InChI is InChI=1S/C54H35NO2/c1-3-11-36(12-4-1)38-19-21-41(22-20-38)53-45(33-34-51-54(53)48-16-8-10-18-50(48)56-51)40-25-29-43(30-26-40)55(42-27-23-39(24-28-42)37-13-5-2-6-14-37)44-31-32-47-46-15-7-9-17-49(46)57-52(47)35-44/h1-35H.